The highest BCUT2D eigenvalue weighted by molar-refractivity contribution is 7.98. The highest BCUT2D eigenvalue weighted by Gasteiger charge is 2.12. The number of benzene rings is 2. The van der Waals surface area contributed by atoms with Crippen molar-refractivity contribution in [2.24, 2.45) is 0 Å². The lowest BCUT2D eigenvalue weighted by Gasteiger charge is -2.05. The Morgan fingerprint density at radius 3 is 2.65 bits per heavy atom. The molecule has 0 fully saturated rings. The molecule has 0 saturated heterocycles. The molecule has 134 valence electrons. The fourth-order valence-corrected chi connectivity index (χ4v) is 3.27. The molecular weight excluding hydrogens is 391 g/mol. The van der Waals surface area contributed by atoms with Crippen molar-refractivity contribution in [3.8, 4) is 11.3 Å². The average molecular weight is 407 g/mol. The third kappa shape index (κ3) is 4.81. The van der Waals surface area contributed by atoms with Gasteiger partial charge in [0.05, 0.1) is 11.2 Å². The van der Waals surface area contributed by atoms with Crippen LogP contribution < -0.4 is 5.32 Å². The van der Waals surface area contributed by atoms with Crippen molar-refractivity contribution < 1.29 is 9.21 Å². The van der Waals surface area contributed by atoms with Crippen LogP contribution in [-0.4, -0.2) is 17.1 Å². The second kappa shape index (κ2) is 8.62. The topological polar surface area (TPSA) is 55.1 Å². The maximum absolute atomic E-state index is 12.1. The molecule has 0 aliphatic rings. The lowest BCUT2D eigenvalue weighted by molar-refractivity contribution is -0.116. The van der Waals surface area contributed by atoms with Crippen molar-refractivity contribution in [1.82, 2.24) is 4.98 Å². The van der Waals surface area contributed by atoms with Crippen molar-refractivity contribution in [3.63, 3.8) is 0 Å². The first-order valence-corrected chi connectivity index (χ1v) is 9.87. The van der Waals surface area contributed by atoms with Gasteiger partial charge in [0, 0.05) is 34.0 Å². The van der Waals surface area contributed by atoms with E-state index in [2.05, 4.69) is 10.3 Å². The van der Waals surface area contributed by atoms with Gasteiger partial charge in [-0.25, -0.2) is 4.98 Å². The standard InChI is InChI=1S/C19H16Cl2N2O2S/c1-26-14-5-3-13(4-6-14)23-18(24)8-9-19-22-11-17(25-19)15-7-2-12(20)10-16(15)21/h2-7,10-11H,8-9H2,1H3,(H,23,24). The average Bonchev–Trinajstić information content (AvgIpc) is 3.09. The van der Waals surface area contributed by atoms with Gasteiger partial charge < -0.3 is 9.73 Å². The van der Waals surface area contributed by atoms with E-state index >= 15 is 0 Å². The highest BCUT2D eigenvalue weighted by Crippen LogP contribution is 2.30. The summed E-state index contributed by atoms with van der Waals surface area (Å²) in [6, 6.07) is 12.9. The highest BCUT2D eigenvalue weighted by atomic mass is 35.5. The van der Waals surface area contributed by atoms with E-state index in [1.54, 1.807) is 36.2 Å². The maximum Gasteiger partial charge on any atom is 0.224 e. The van der Waals surface area contributed by atoms with Crippen LogP contribution in [0, 0.1) is 0 Å². The Morgan fingerprint density at radius 1 is 1.19 bits per heavy atom. The molecule has 0 saturated carbocycles. The number of thioether (sulfide) groups is 1. The van der Waals surface area contributed by atoms with Crippen LogP contribution in [0.4, 0.5) is 5.69 Å². The van der Waals surface area contributed by atoms with Crippen LogP contribution in [0.1, 0.15) is 12.3 Å². The Hall–Kier alpha value is -1.95. The number of carbonyl (C=O) groups excluding carboxylic acids is 1. The first-order valence-electron chi connectivity index (χ1n) is 7.89. The number of hydrogen-bond donors (Lipinski definition) is 1. The van der Waals surface area contributed by atoms with Crippen LogP contribution in [0.25, 0.3) is 11.3 Å². The first kappa shape index (κ1) is 18.8. The zero-order chi connectivity index (χ0) is 18.5. The minimum Gasteiger partial charge on any atom is -0.441 e. The predicted octanol–water partition coefficient (Wildman–Crippen LogP) is 5.94. The van der Waals surface area contributed by atoms with E-state index in [1.165, 1.54) is 0 Å². The van der Waals surface area contributed by atoms with Crippen molar-refractivity contribution >= 4 is 46.6 Å². The molecule has 0 bridgehead atoms. The molecule has 0 aliphatic heterocycles. The van der Waals surface area contributed by atoms with Gasteiger partial charge in [-0.15, -0.1) is 11.8 Å². The molecule has 7 heteroatoms. The number of hydrogen-bond acceptors (Lipinski definition) is 4. The molecule has 1 heterocycles. The summed E-state index contributed by atoms with van der Waals surface area (Å²) in [4.78, 5) is 17.5. The van der Waals surface area contributed by atoms with E-state index in [1.807, 2.05) is 30.5 Å². The van der Waals surface area contributed by atoms with Crippen LogP contribution in [0.2, 0.25) is 10.0 Å². The molecule has 3 rings (SSSR count). The third-order valence-corrected chi connectivity index (χ3v) is 4.98. The molecule has 1 N–H and O–H groups in total. The minimum absolute atomic E-state index is 0.0915. The number of aromatic nitrogens is 1. The Labute approximate surface area is 165 Å². The van der Waals surface area contributed by atoms with E-state index in [-0.39, 0.29) is 12.3 Å². The van der Waals surface area contributed by atoms with Crippen LogP contribution in [-0.2, 0) is 11.2 Å². The van der Waals surface area contributed by atoms with Gasteiger partial charge in [0.15, 0.2) is 11.7 Å². The van der Waals surface area contributed by atoms with Crippen LogP contribution in [0.15, 0.2) is 58.0 Å². The van der Waals surface area contributed by atoms with Gasteiger partial charge in [-0.1, -0.05) is 23.2 Å². The fraction of sp³-hybridized carbons (Fsp3) is 0.158. The molecule has 26 heavy (non-hydrogen) atoms. The summed E-state index contributed by atoms with van der Waals surface area (Å²) < 4.78 is 5.70. The van der Waals surface area contributed by atoms with E-state index in [9.17, 15) is 4.79 Å². The largest absolute Gasteiger partial charge is 0.441 e. The molecule has 1 aromatic heterocycles. The summed E-state index contributed by atoms with van der Waals surface area (Å²) in [5, 5.41) is 3.91. The fourth-order valence-electron chi connectivity index (χ4n) is 2.36. The summed E-state index contributed by atoms with van der Waals surface area (Å²) in [6.07, 6.45) is 4.29. The van der Waals surface area contributed by atoms with Crippen molar-refractivity contribution in [2.75, 3.05) is 11.6 Å². The van der Waals surface area contributed by atoms with Gasteiger partial charge in [0.1, 0.15) is 0 Å². The minimum atomic E-state index is -0.0915. The molecule has 4 nitrogen and oxygen atoms in total. The smallest absolute Gasteiger partial charge is 0.224 e. The molecule has 3 aromatic rings. The zero-order valence-electron chi connectivity index (χ0n) is 14.0. The number of nitrogens with one attached hydrogen (secondary N) is 1. The summed E-state index contributed by atoms with van der Waals surface area (Å²) in [6.45, 7) is 0. The molecule has 0 atom stereocenters. The van der Waals surface area contributed by atoms with Crippen LogP contribution in [0.5, 0.6) is 0 Å². The van der Waals surface area contributed by atoms with Gasteiger partial charge in [-0.05, 0) is 48.7 Å². The van der Waals surface area contributed by atoms with E-state index < -0.39 is 0 Å². The summed E-state index contributed by atoms with van der Waals surface area (Å²) in [5.74, 6) is 0.944. The number of rotatable bonds is 6. The molecule has 2 aromatic carbocycles. The number of anilines is 1. The Kier molecular flexibility index (Phi) is 6.25. The molecule has 0 unspecified atom stereocenters. The lowest BCUT2D eigenvalue weighted by Crippen LogP contribution is -2.12. The van der Waals surface area contributed by atoms with Crippen molar-refractivity contribution in [3.05, 3.63) is 64.6 Å². The van der Waals surface area contributed by atoms with Gasteiger partial charge in [0.25, 0.3) is 0 Å². The zero-order valence-corrected chi connectivity index (χ0v) is 16.3. The van der Waals surface area contributed by atoms with Gasteiger partial charge in [-0.3, -0.25) is 4.79 Å². The normalized spacial score (nSPS) is 10.7. The third-order valence-electron chi connectivity index (χ3n) is 3.69. The van der Waals surface area contributed by atoms with Crippen LogP contribution >= 0.6 is 35.0 Å². The van der Waals surface area contributed by atoms with E-state index in [0.717, 1.165) is 10.6 Å². The number of aryl methyl sites for hydroxylation is 1. The molecular formula is C19H16Cl2N2O2S. The second-order valence-electron chi connectivity index (χ2n) is 5.52. The molecule has 0 radical (unpaired) electrons. The Morgan fingerprint density at radius 2 is 1.96 bits per heavy atom. The summed E-state index contributed by atoms with van der Waals surface area (Å²) >= 11 is 13.7. The molecule has 1 amide bonds. The quantitative estimate of drug-likeness (QED) is 0.514. The lowest BCUT2D eigenvalue weighted by atomic mass is 10.2. The number of amides is 1. The number of nitrogens with zero attached hydrogens (tertiary/aromatic N) is 1. The van der Waals surface area contributed by atoms with Gasteiger partial charge in [-0.2, -0.15) is 0 Å². The van der Waals surface area contributed by atoms with E-state index in [0.29, 0.717) is 33.7 Å². The second-order valence-corrected chi connectivity index (χ2v) is 7.24. The van der Waals surface area contributed by atoms with Gasteiger partial charge >= 0.3 is 0 Å². The maximum atomic E-state index is 12.1. The SMILES string of the molecule is CSc1ccc(NC(=O)CCc2ncc(-c3ccc(Cl)cc3Cl)o2)cc1. The Balaban J connectivity index is 1.58. The number of oxazole rings is 1. The first-order chi connectivity index (χ1) is 12.5. The monoisotopic (exact) mass is 406 g/mol. The predicted molar refractivity (Wildman–Crippen MR) is 107 cm³/mol. The van der Waals surface area contributed by atoms with Crippen molar-refractivity contribution in [2.45, 2.75) is 17.7 Å². The number of carbonyl (C=O) groups is 1. The van der Waals surface area contributed by atoms with E-state index in [4.69, 9.17) is 27.6 Å². The number of halogens is 2. The Bertz CT molecular complexity index is 910. The molecule has 0 spiro atoms. The summed E-state index contributed by atoms with van der Waals surface area (Å²) in [7, 11) is 0. The van der Waals surface area contributed by atoms with Gasteiger partial charge in [0.2, 0.25) is 5.91 Å². The van der Waals surface area contributed by atoms with Crippen LogP contribution in [0.3, 0.4) is 0 Å². The van der Waals surface area contributed by atoms with Crippen molar-refractivity contribution in [1.29, 1.82) is 0 Å². The summed E-state index contributed by atoms with van der Waals surface area (Å²) in [5.41, 5.74) is 1.49. The molecule has 0 aliphatic carbocycles.